The molecule has 1 amide bonds. The van der Waals surface area contributed by atoms with Crippen LogP contribution in [0, 0.1) is 5.82 Å². The van der Waals surface area contributed by atoms with E-state index in [1.807, 2.05) is 12.1 Å². The molecule has 8 heteroatoms. The first-order chi connectivity index (χ1) is 15.0. The topological polar surface area (TPSA) is 81.7 Å². The molecular formula is C23H23FN4O3. The van der Waals surface area contributed by atoms with Gasteiger partial charge < -0.3 is 19.7 Å². The molecule has 1 saturated heterocycles. The van der Waals surface area contributed by atoms with Crippen LogP contribution in [-0.4, -0.2) is 76.7 Å². The van der Waals surface area contributed by atoms with E-state index in [9.17, 15) is 14.3 Å². The van der Waals surface area contributed by atoms with E-state index < -0.39 is 0 Å². The van der Waals surface area contributed by atoms with Crippen LogP contribution in [0.4, 0.5) is 4.39 Å². The summed E-state index contributed by atoms with van der Waals surface area (Å²) in [7, 11) is 1.57. The number of amides is 1. The maximum Gasteiger partial charge on any atom is 0.236 e. The van der Waals surface area contributed by atoms with Gasteiger partial charge in [-0.15, -0.1) is 0 Å². The Balaban J connectivity index is 1.38. The zero-order valence-corrected chi connectivity index (χ0v) is 17.1. The van der Waals surface area contributed by atoms with E-state index in [0.717, 1.165) is 22.2 Å². The standard InChI is InChI=1S/C23H23FN4O3/c1-31-21-3-2-15(24)8-18(21)17-4-6-25-23-19(17)9-20(26-23)14-5-7-27(10-14)13-22(30)28-11-16(29)12-28/h2-6,8-9,16,29H,7,10-13H2,1H3,(H,25,26). The maximum atomic E-state index is 13.9. The van der Waals surface area contributed by atoms with Gasteiger partial charge >= 0.3 is 0 Å². The molecule has 2 N–H and O–H groups in total. The highest BCUT2D eigenvalue weighted by Crippen LogP contribution is 2.36. The molecule has 0 saturated carbocycles. The molecule has 0 spiro atoms. The second-order valence-electron chi connectivity index (χ2n) is 8.00. The second-order valence-corrected chi connectivity index (χ2v) is 8.00. The maximum absolute atomic E-state index is 13.9. The average molecular weight is 422 g/mol. The third-order valence-electron chi connectivity index (χ3n) is 5.89. The fraction of sp³-hybridized carbons (Fsp3) is 0.304. The zero-order valence-electron chi connectivity index (χ0n) is 17.1. The summed E-state index contributed by atoms with van der Waals surface area (Å²) in [5.74, 6) is 0.307. The van der Waals surface area contributed by atoms with Crippen LogP contribution in [0.15, 0.2) is 42.6 Å². The van der Waals surface area contributed by atoms with E-state index in [4.69, 9.17) is 4.74 Å². The van der Waals surface area contributed by atoms with Gasteiger partial charge in [0, 0.05) is 49.0 Å². The number of aliphatic hydroxyl groups is 1. The van der Waals surface area contributed by atoms with Crippen molar-refractivity contribution in [2.45, 2.75) is 6.10 Å². The Kier molecular flexibility index (Phi) is 4.95. The first-order valence-electron chi connectivity index (χ1n) is 10.2. The summed E-state index contributed by atoms with van der Waals surface area (Å²) in [6, 6.07) is 8.34. The minimum Gasteiger partial charge on any atom is -0.496 e. The highest BCUT2D eigenvalue weighted by Gasteiger charge is 2.30. The van der Waals surface area contributed by atoms with Crippen molar-refractivity contribution >= 4 is 22.5 Å². The Morgan fingerprint density at radius 2 is 2.13 bits per heavy atom. The predicted molar refractivity (Wildman–Crippen MR) is 115 cm³/mol. The molecule has 1 aromatic carbocycles. The fourth-order valence-electron chi connectivity index (χ4n) is 4.20. The number of fused-ring (bicyclic) bond motifs is 1. The molecule has 4 heterocycles. The number of carbonyl (C=O) groups is 1. The van der Waals surface area contributed by atoms with Crippen molar-refractivity contribution in [3.63, 3.8) is 0 Å². The summed E-state index contributed by atoms with van der Waals surface area (Å²) in [5, 5.41) is 10.3. The average Bonchev–Trinajstić information content (AvgIpc) is 3.37. The number of β-amino-alcohol motifs (C(OH)–C–C–N with tert-alkyl or cyclic N) is 1. The van der Waals surface area contributed by atoms with Gasteiger partial charge in [-0.3, -0.25) is 9.69 Å². The van der Waals surface area contributed by atoms with E-state index >= 15 is 0 Å². The highest BCUT2D eigenvalue weighted by atomic mass is 19.1. The molecule has 2 aliphatic rings. The van der Waals surface area contributed by atoms with Crippen molar-refractivity contribution < 1.29 is 19.0 Å². The number of likely N-dealkylation sites (tertiary alicyclic amines) is 1. The van der Waals surface area contributed by atoms with Gasteiger partial charge in [0.25, 0.3) is 0 Å². The number of nitrogens with zero attached hydrogens (tertiary/aromatic N) is 3. The normalized spacial score (nSPS) is 17.1. The molecule has 2 aliphatic heterocycles. The van der Waals surface area contributed by atoms with Gasteiger partial charge in [0.2, 0.25) is 5.91 Å². The first kappa shape index (κ1) is 19.7. The highest BCUT2D eigenvalue weighted by molar-refractivity contribution is 5.97. The number of halogens is 1. The summed E-state index contributed by atoms with van der Waals surface area (Å²) < 4.78 is 19.4. The van der Waals surface area contributed by atoms with Gasteiger partial charge in [0.1, 0.15) is 17.2 Å². The summed E-state index contributed by atoms with van der Waals surface area (Å²) in [5.41, 5.74) is 4.24. The Hall–Kier alpha value is -3.23. The number of benzene rings is 1. The number of hydrogen-bond acceptors (Lipinski definition) is 5. The molecule has 31 heavy (non-hydrogen) atoms. The van der Waals surface area contributed by atoms with Crippen LogP contribution >= 0.6 is 0 Å². The lowest BCUT2D eigenvalue weighted by atomic mass is 10.0. The Morgan fingerprint density at radius 1 is 1.29 bits per heavy atom. The van der Waals surface area contributed by atoms with Crippen molar-refractivity contribution in [2.75, 3.05) is 39.8 Å². The molecule has 0 aliphatic carbocycles. The number of rotatable bonds is 5. The number of aromatic amines is 1. The number of nitrogens with one attached hydrogen (secondary N) is 1. The van der Waals surface area contributed by atoms with Crippen LogP contribution in [0.5, 0.6) is 5.75 Å². The van der Waals surface area contributed by atoms with E-state index in [-0.39, 0.29) is 17.8 Å². The number of methoxy groups -OCH3 is 1. The van der Waals surface area contributed by atoms with Crippen molar-refractivity contribution in [3.05, 3.63) is 54.1 Å². The summed E-state index contributed by atoms with van der Waals surface area (Å²) >= 11 is 0. The predicted octanol–water partition coefficient (Wildman–Crippen LogP) is 2.28. The lowest BCUT2D eigenvalue weighted by molar-refractivity contribution is -0.142. The van der Waals surface area contributed by atoms with E-state index in [1.54, 1.807) is 24.3 Å². The number of ether oxygens (including phenoxy) is 1. The molecule has 0 radical (unpaired) electrons. The molecule has 160 valence electrons. The minimum absolute atomic E-state index is 0.0405. The molecule has 1 fully saturated rings. The van der Waals surface area contributed by atoms with Crippen LogP contribution in [0.1, 0.15) is 5.69 Å². The van der Waals surface area contributed by atoms with Crippen molar-refractivity contribution in [1.82, 2.24) is 19.8 Å². The Morgan fingerprint density at radius 3 is 2.90 bits per heavy atom. The number of H-pyrrole nitrogens is 1. The van der Waals surface area contributed by atoms with Gasteiger partial charge in [0.05, 0.1) is 19.8 Å². The third kappa shape index (κ3) is 3.68. The SMILES string of the molecule is COc1ccc(F)cc1-c1ccnc2[nH]c(C3=CCN(CC(=O)N4CC(O)C4)C3)cc12. The lowest BCUT2D eigenvalue weighted by Crippen LogP contribution is -2.55. The van der Waals surface area contributed by atoms with Gasteiger partial charge in [-0.2, -0.15) is 0 Å². The van der Waals surface area contributed by atoms with Crippen molar-refractivity contribution in [2.24, 2.45) is 0 Å². The summed E-state index contributed by atoms with van der Waals surface area (Å²) in [6.07, 6.45) is 3.41. The molecule has 0 unspecified atom stereocenters. The molecule has 2 aromatic heterocycles. The number of aliphatic hydroxyl groups excluding tert-OH is 1. The molecule has 7 nitrogen and oxygen atoms in total. The summed E-state index contributed by atoms with van der Waals surface area (Å²) in [4.78, 5) is 23.8. The van der Waals surface area contributed by atoms with Crippen LogP contribution in [0.2, 0.25) is 0 Å². The zero-order chi connectivity index (χ0) is 21.5. The number of hydrogen-bond donors (Lipinski definition) is 2. The van der Waals surface area contributed by atoms with E-state index in [1.165, 1.54) is 12.1 Å². The quantitative estimate of drug-likeness (QED) is 0.659. The van der Waals surface area contributed by atoms with Crippen molar-refractivity contribution in [1.29, 1.82) is 0 Å². The third-order valence-corrected chi connectivity index (χ3v) is 5.89. The van der Waals surface area contributed by atoms with Gasteiger partial charge in [-0.25, -0.2) is 9.37 Å². The van der Waals surface area contributed by atoms with E-state index in [2.05, 4.69) is 20.9 Å². The molecule has 0 atom stereocenters. The van der Waals surface area contributed by atoms with Gasteiger partial charge in [0.15, 0.2) is 0 Å². The van der Waals surface area contributed by atoms with Crippen LogP contribution in [-0.2, 0) is 4.79 Å². The Bertz CT molecular complexity index is 1180. The number of aromatic nitrogens is 2. The largest absolute Gasteiger partial charge is 0.496 e. The van der Waals surface area contributed by atoms with Gasteiger partial charge in [-0.1, -0.05) is 6.08 Å². The monoisotopic (exact) mass is 422 g/mol. The molecule has 5 rings (SSSR count). The summed E-state index contributed by atoms with van der Waals surface area (Å²) in [6.45, 7) is 2.51. The van der Waals surface area contributed by atoms with E-state index in [0.29, 0.717) is 49.7 Å². The van der Waals surface area contributed by atoms with Crippen molar-refractivity contribution in [3.8, 4) is 16.9 Å². The fourth-order valence-corrected chi connectivity index (χ4v) is 4.20. The molecule has 3 aromatic rings. The number of carbonyl (C=O) groups excluding carboxylic acids is 1. The smallest absolute Gasteiger partial charge is 0.236 e. The molecule has 0 bridgehead atoms. The molecular weight excluding hydrogens is 399 g/mol. The van der Waals surface area contributed by atoms with Gasteiger partial charge in [-0.05, 0) is 41.5 Å². The number of pyridine rings is 1. The first-order valence-corrected chi connectivity index (χ1v) is 10.2. The van der Waals surface area contributed by atoms with Crippen LogP contribution in [0.3, 0.4) is 0 Å². The second kappa shape index (κ2) is 7.79. The Labute approximate surface area is 178 Å². The minimum atomic E-state index is -0.388. The van der Waals surface area contributed by atoms with Crippen LogP contribution < -0.4 is 4.74 Å². The lowest BCUT2D eigenvalue weighted by Gasteiger charge is -2.36. The van der Waals surface area contributed by atoms with Crippen LogP contribution in [0.25, 0.3) is 27.7 Å².